The highest BCUT2D eigenvalue weighted by atomic mass is 35.5. The van der Waals surface area contributed by atoms with Crippen LogP contribution in [0.15, 0.2) is 77.3 Å². The molecule has 35 heavy (non-hydrogen) atoms. The standard InChI is InChI=1S/C27H22ClN3O3S/c1-15-6-8-18(13-16(15)2)31-25(24(30-27(31)35)21-5-3-4-12-29-21)23-11-10-22(34-23)19-14-17(26(32)33)7-9-20(19)28/h3-14,24-25H,1-2H3,(H,30,35)(H,32,33)/t24-,25-/m0/s1. The second kappa shape index (κ2) is 9.17. The van der Waals surface area contributed by atoms with E-state index in [1.165, 1.54) is 17.7 Å². The van der Waals surface area contributed by atoms with E-state index in [0.29, 0.717) is 27.2 Å². The molecule has 2 N–H and O–H groups in total. The van der Waals surface area contributed by atoms with Gasteiger partial charge in [0.05, 0.1) is 22.3 Å². The summed E-state index contributed by atoms with van der Waals surface area (Å²) >= 11 is 12.2. The Hall–Kier alpha value is -3.68. The van der Waals surface area contributed by atoms with Gasteiger partial charge >= 0.3 is 5.97 Å². The summed E-state index contributed by atoms with van der Waals surface area (Å²) in [4.78, 5) is 18.1. The van der Waals surface area contributed by atoms with Gasteiger partial charge in [0, 0.05) is 17.4 Å². The molecule has 3 heterocycles. The summed E-state index contributed by atoms with van der Waals surface area (Å²) < 4.78 is 6.33. The number of hydrogen-bond acceptors (Lipinski definition) is 4. The van der Waals surface area contributed by atoms with Crippen molar-refractivity contribution in [1.29, 1.82) is 0 Å². The average molecular weight is 504 g/mol. The highest BCUT2D eigenvalue weighted by Gasteiger charge is 2.42. The zero-order valence-electron chi connectivity index (χ0n) is 19.0. The topological polar surface area (TPSA) is 78.6 Å². The summed E-state index contributed by atoms with van der Waals surface area (Å²) in [5.41, 5.74) is 4.77. The molecule has 0 bridgehead atoms. The molecule has 1 saturated heterocycles. The number of aryl methyl sites for hydroxylation is 2. The van der Waals surface area contributed by atoms with Gasteiger partial charge in [-0.05, 0) is 91.8 Å². The predicted molar refractivity (Wildman–Crippen MR) is 140 cm³/mol. The Balaban J connectivity index is 1.62. The molecule has 0 spiro atoms. The first-order valence-electron chi connectivity index (χ1n) is 11.0. The average Bonchev–Trinajstić information content (AvgIpc) is 3.46. The third-order valence-corrected chi connectivity index (χ3v) is 6.91. The molecule has 0 aliphatic carbocycles. The van der Waals surface area contributed by atoms with Gasteiger partial charge in [0.1, 0.15) is 17.6 Å². The molecular weight excluding hydrogens is 482 g/mol. The summed E-state index contributed by atoms with van der Waals surface area (Å²) in [6.45, 7) is 4.14. The maximum atomic E-state index is 11.5. The van der Waals surface area contributed by atoms with Gasteiger partial charge in [-0.15, -0.1) is 0 Å². The number of benzene rings is 2. The van der Waals surface area contributed by atoms with E-state index in [2.05, 4.69) is 36.3 Å². The molecule has 0 radical (unpaired) electrons. The number of aromatic nitrogens is 1. The SMILES string of the molecule is Cc1ccc(N2C(=S)N[C@@H](c3ccccn3)[C@@H]2c2ccc(-c3cc(C(=O)O)ccc3Cl)o2)cc1C. The molecule has 0 unspecified atom stereocenters. The zero-order chi connectivity index (χ0) is 24.7. The summed E-state index contributed by atoms with van der Waals surface area (Å²) in [5.74, 6) is 0.0971. The van der Waals surface area contributed by atoms with Crippen LogP contribution in [0.5, 0.6) is 0 Å². The van der Waals surface area contributed by atoms with Crippen molar-refractivity contribution < 1.29 is 14.3 Å². The van der Waals surface area contributed by atoms with Gasteiger partial charge in [-0.2, -0.15) is 0 Å². The Morgan fingerprint density at radius 2 is 1.91 bits per heavy atom. The van der Waals surface area contributed by atoms with Crippen LogP contribution in [0.25, 0.3) is 11.3 Å². The lowest BCUT2D eigenvalue weighted by molar-refractivity contribution is 0.0697. The van der Waals surface area contributed by atoms with Crippen molar-refractivity contribution in [3.05, 3.63) is 106 Å². The molecule has 4 aromatic rings. The van der Waals surface area contributed by atoms with Gasteiger partial charge in [0.2, 0.25) is 0 Å². The maximum absolute atomic E-state index is 11.5. The smallest absolute Gasteiger partial charge is 0.335 e. The van der Waals surface area contributed by atoms with Crippen molar-refractivity contribution in [3.8, 4) is 11.3 Å². The van der Waals surface area contributed by atoms with Crippen LogP contribution in [0.2, 0.25) is 5.02 Å². The van der Waals surface area contributed by atoms with Crippen LogP contribution < -0.4 is 10.2 Å². The van der Waals surface area contributed by atoms with Gasteiger partial charge in [-0.25, -0.2) is 4.79 Å². The van der Waals surface area contributed by atoms with Gasteiger partial charge in [0.25, 0.3) is 0 Å². The van der Waals surface area contributed by atoms with E-state index in [1.807, 2.05) is 35.2 Å². The molecule has 8 heteroatoms. The number of carbonyl (C=O) groups is 1. The fourth-order valence-corrected chi connectivity index (χ4v) is 4.86. The van der Waals surface area contributed by atoms with E-state index < -0.39 is 5.97 Å². The monoisotopic (exact) mass is 503 g/mol. The van der Waals surface area contributed by atoms with Crippen LogP contribution in [0.3, 0.4) is 0 Å². The molecule has 1 aliphatic rings. The van der Waals surface area contributed by atoms with Crippen LogP contribution >= 0.6 is 23.8 Å². The summed E-state index contributed by atoms with van der Waals surface area (Å²) in [6, 6.07) is 19.6. The highest BCUT2D eigenvalue weighted by molar-refractivity contribution is 7.80. The number of pyridine rings is 1. The van der Waals surface area contributed by atoms with Crippen molar-refractivity contribution in [2.45, 2.75) is 25.9 Å². The van der Waals surface area contributed by atoms with E-state index in [4.69, 9.17) is 28.2 Å². The van der Waals surface area contributed by atoms with E-state index >= 15 is 0 Å². The summed E-state index contributed by atoms with van der Waals surface area (Å²) in [7, 11) is 0. The number of halogens is 1. The molecular formula is C27H22ClN3O3S. The number of furan rings is 1. The van der Waals surface area contributed by atoms with Crippen molar-refractivity contribution in [3.63, 3.8) is 0 Å². The van der Waals surface area contributed by atoms with Gasteiger partial charge < -0.3 is 19.7 Å². The molecule has 0 saturated carbocycles. The van der Waals surface area contributed by atoms with Crippen molar-refractivity contribution in [1.82, 2.24) is 10.3 Å². The Labute approximate surface area is 213 Å². The quantitative estimate of drug-likeness (QED) is 0.301. The molecule has 2 atom stereocenters. The molecule has 0 amide bonds. The van der Waals surface area contributed by atoms with E-state index in [-0.39, 0.29) is 17.6 Å². The third-order valence-electron chi connectivity index (χ3n) is 6.26. The van der Waals surface area contributed by atoms with Crippen LogP contribution in [0, 0.1) is 13.8 Å². The summed E-state index contributed by atoms with van der Waals surface area (Å²) in [5, 5.41) is 13.8. The second-order valence-electron chi connectivity index (χ2n) is 8.47. The first-order chi connectivity index (χ1) is 16.8. The molecule has 1 fully saturated rings. The molecule has 5 rings (SSSR count). The fraction of sp³-hybridized carbons (Fsp3) is 0.148. The van der Waals surface area contributed by atoms with E-state index in [9.17, 15) is 9.90 Å². The van der Waals surface area contributed by atoms with Crippen molar-refractivity contribution >= 4 is 40.6 Å². The highest BCUT2D eigenvalue weighted by Crippen LogP contribution is 2.43. The zero-order valence-corrected chi connectivity index (χ0v) is 20.6. The third kappa shape index (κ3) is 4.29. The number of carboxylic acid groups (broad SMARTS) is 1. The number of nitrogens with zero attached hydrogens (tertiary/aromatic N) is 2. The minimum Gasteiger partial charge on any atom is -0.478 e. The normalized spacial score (nSPS) is 17.5. The first kappa shape index (κ1) is 23.1. The Morgan fingerprint density at radius 3 is 2.63 bits per heavy atom. The lowest BCUT2D eigenvalue weighted by Crippen LogP contribution is -2.29. The van der Waals surface area contributed by atoms with Crippen LogP contribution in [0.1, 0.15) is 45.0 Å². The van der Waals surface area contributed by atoms with Crippen molar-refractivity contribution in [2.24, 2.45) is 0 Å². The van der Waals surface area contributed by atoms with E-state index in [1.54, 1.807) is 18.3 Å². The Morgan fingerprint density at radius 1 is 1.09 bits per heavy atom. The molecule has 1 aliphatic heterocycles. The minimum absolute atomic E-state index is 0.134. The number of nitrogens with one attached hydrogen (secondary N) is 1. The first-order valence-corrected chi connectivity index (χ1v) is 11.8. The Kier molecular flexibility index (Phi) is 6.05. The number of rotatable bonds is 5. The minimum atomic E-state index is -1.03. The maximum Gasteiger partial charge on any atom is 0.335 e. The second-order valence-corrected chi connectivity index (χ2v) is 9.26. The molecule has 2 aromatic heterocycles. The number of aromatic carboxylic acids is 1. The van der Waals surface area contributed by atoms with Crippen molar-refractivity contribution in [2.75, 3.05) is 4.90 Å². The number of hydrogen-bond donors (Lipinski definition) is 2. The van der Waals surface area contributed by atoms with Gasteiger partial charge in [-0.3, -0.25) is 4.98 Å². The predicted octanol–water partition coefficient (Wildman–Crippen LogP) is 6.49. The van der Waals surface area contributed by atoms with Crippen LogP contribution in [0.4, 0.5) is 5.69 Å². The lowest BCUT2D eigenvalue weighted by atomic mass is 10.0. The molecule has 2 aromatic carbocycles. The van der Waals surface area contributed by atoms with Crippen LogP contribution in [-0.4, -0.2) is 21.2 Å². The van der Waals surface area contributed by atoms with Crippen LogP contribution in [-0.2, 0) is 0 Å². The number of thiocarbonyl (C=S) groups is 1. The number of anilines is 1. The fourth-order valence-electron chi connectivity index (χ4n) is 4.30. The lowest BCUT2D eigenvalue weighted by Gasteiger charge is -2.26. The number of carboxylic acids is 1. The Bertz CT molecular complexity index is 1440. The van der Waals surface area contributed by atoms with Gasteiger partial charge in [-0.1, -0.05) is 23.7 Å². The van der Waals surface area contributed by atoms with Gasteiger partial charge in [0.15, 0.2) is 5.11 Å². The van der Waals surface area contributed by atoms with E-state index in [0.717, 1.165) is 16.9 Å². The largest absolute Gasteiger partial charge is 0.478 e. The summed E-state index contributed by atoms with van der Waals surface area (Å²) in [6.07, 6.45) is 1.75. The molecule has 6 nitrogen and oxygen atoms in total. The molecule has 176 valence electrons.